The highest BCUT2D eigenvalue weighted by Gasteiger charge is 2.38. The van der Waals surface area contributed by atoms with Gasteiger partial charge < -0.3 is 5.32 Å². The van der Waals surface area contributed by atoms with Crippen LogP contribution < -0.4 is 5.32 Å². The third-order valence-corrected chi connectivity index (χ3v) is 5.19. The van der Waals surface area contributed by atoms with Gasteiger partial charge in [-0.25, -0.2) is 0 Å². The zero-order chi connectivity index (χ0) is 12.6. The summed E-state index contributed by atoms with van der Waals surface area (Å²) in [5, 5.41) is 5.17. The molecule has 96 valence electrons. The summed E-state index contributed by atoms with van der Waals surface area (Å²) in [4.78, 5) is 4.89. The van der Waals surface area contributed by atoms with E-state index in [1.165, 1.54) is 31.2 Å². The highest BCUT2D eigenvalue weighted by Crippen LogP contribution is 2.41. The molecule has 2 nitrogen and oxygen atoms in total. The number of nitrogens with one attached hydrogen (secondary N) is 1. The smallest absolute Gasteiger partial charge is 0.161 e. The number of benzene rings is 1. The molecule has 1 spiro atoms. The molecule has 1 aromatic carbocycles. The van der Waals surface area contributed by atoms with Crippen LogP contribution in [0, 0.1) is 6.92 Å². The molecule has 0 aromatic heterocycles. The summed E-state index contributed by atoms with van der Waals surface area (Å²) in [5.74, 6) is 1.12. The molecule has 1 heterocycles. The number of rotatable bonds is 1. The molecular formula is C14H17ClN2S. The van der Waals surface area contributed by atoms with Crippen molar-refractivity contribution in [3.63, 3.8) is 0 Å². The van der Waals surface area contributed by atoms with Gasteiger partial charge in [-0.3, -0.25) is 4.99 Å². The number of aliphatic imine (C=N–C) groups is 1. The molecule has 1 fully saturated rings. The lowest BCUT2D eigenvalue weighted by Crippen LogP contribution is -2.21. The van der Waals surface area contributed by atoms with Crippen molar-refractivity contribution in [2.75, 3.05) is 11.1 Å². The number of amidine groups is 1. The first-order valence-corrected chi connectivity index (χ1v) is 7.79. The van der Waals surface area contributed by atoms with Crippen LogP contribution in [0.4, 0.5) is 5.69 Å². The molecule has 1 saturated carbocycles. The molecular weight excluding hydrogens is 264 g/mol. The van der Waals surface area contributed by atoms with Crippen LogP contribution in [0.3, 0.4) is 0 Å². The molecule has 0 unspecified atom stereocenters. The summed E-state index contributed by atoms with van der Waals surface area (Å²) >= 11 is 8.03. The Bertz CT molecular complexity index is 493. The van der Waals surface area contributed by atoms with Crippen molar-refractivity contribution in [3.05, 3.63) is 28.8 Å². The van der Waals surface area contributed by atoms with E-state index in [4.69, 9.17) is 16.6 Å². The van der Waals surface area contributed by atoms with Gasteiger partial charge in [0.25, 0.3) is 0 Å². The van der Waals surface area contributed by atoms with Gasteiger partial charge in [-0.05, 0) is 37.5 Å². The molecule has 1 aliphatic heterocycles. The summed E-state index contributed by atoms with van der Waals surface area (Å²) in [7, 11) is 0. The average Bonchev–Trinajstić information content (AvgIpc) is 2.95. The monoisotopic (exact) mass is 280 g/mol. The van der Waals surface area contributed by atoms with E-state index in [1.54, 1.807) is 0 Å². The van der Waals surface area contributed by atoms with E-state index in [0.29, 0.717) is 0 Å². The molecule has 2 aliphatic rings. The minimum absolute atomic E-state index is 0.225. The summed E-state index contributed by atoms with van der Waals surface area (Å²) < 4.78 is 0. The van der Waals surface area contributed by atoms with E-state index in [9.17, 15) is 0 Å². The fourth-order valence-electron chi connectivity index (χ4n) is 2.69. The Morgan fingerprint density at radius 1 is 1.33 bits per heavy atom. The van der Waals surface area contributed by atoms with E-state index >= 15 is 0 Å². The zero-order valence-electron chi connectivity index (χ0n) is 10.5. The number of hydrogen-bond donors (Lipinski definition) is 1. The van der Waals surface area contributed by atoms with Crippen LogP contribution in [0.1, 0.15) is 31.2 Å². The van der Waals surface area contributed by atoms with Crippen LogP contribution in [0.5, 0.6) is 0 Å². The molecule has 1 aliphatic carbocycles. The maximum absolute atomic E-state index is 6.20. The van der Waals surface area contributed by atoms with Crippen molar-refractivity contribution in [3.8, 4) is 0 Å². The Morgan fingerprint density at radius 3 is 2.89 bits per heavy atom. The Labute approximate surface area is 117 Å². The topological polar surface area (TPSA) is 24.4 Å². The number of aryl methyl sites for hydroxylation is 1. The number of anilines is 1. The second kappa shape index (κ2) is 4.78. The van der Waals surface area contributed by atoms with Crippen molar-refractivity contribution < 1.29 is 0 Å². The summed E-state index contributed by atoms with van der Waals surface area (Å²) in [6, 6.07) is 6.03. The Morgan fingerprint density at radius 2 is 2.11 bits per heavy atom. The van der Waals surface area contributed by atoms with Crippen LogP contribution in [0.15, 0.2) is 23.2 Å². The Kier molecular flexibility index (Phi) is 3.29. The number of thioether (sulfide) groups is 1. The summed E-state index contributed by atoms with van der Waals surface area (Å²) in [6.45, 7) is 2.07. The summed E-state index contributed by atoms with van der Waals surface area (Å²) in [6.07, 6.45) is 5.13. The van der Waals surface area contributed by atoms with E-state index < -0.39 is 0 Å². The van der Waals surface area contributed by atoms with E-state index in [1.807, 2.05) is 23.9 Å². The van der Waals surface area contributed by atoms with Crippen LogP contribution in [-0.4, -0.2) is 16.5 Å². The minimum Gasteiger partial charge on any atom is -0.334 e. The first-order valence-electron chi connectivity index (χ1n) is 6.43. The lowest BCUT2D eigenvalue weighted by atomic mass is 10.0. The standard InChI is InChI=1S/C14H17ClN2S/c1-10-4-5-11(15)12(8-10)16-13-17-14(9-18-13)6-2-3-7-14/h4-5,8H,2-3,6-7,9H2,1H3,(H,16,17). The van der Waals surface area contributed by atoms with Crippen molar-refractivity contribution in [2.45, 2.75) is 38.1 Å². The minimum atomic E-state index is 0.225. The lowest BCUT2D eigenvalue weighted by Gasteiger charge is -2.16. The van der Waals surface area contributed by atoms with Crippen molar-refractivity contribution >= 4 is 34.2 Å². The first kappa shape index (κ1) is 12.4. The third kappa shape index (κ3) is 2.39. The van der Waals surface area contributed by atoms with Crippen LogP contribution in [-0.2, 0) is 0 Å². The fourth-order valence-corrected chi connectivity index (χ4v) is 4.05. The van der Waals surface area contributed by atoms with E-state index in [0.717, 1.165) is 21.6 Å². The molecule has 0 saturated heterocycles. The van der Waals surface area contributed by atoms with Gasteiger partial charge in [-0.1, -0.05) is 42.3 Å². The number of hydrogen-bond acceptors (Lipinski definition) is 3. The second-order valence-corrected chi connectivity index (χ2v) is 6.62. The van der Waals surface area contributed by atoms with Gasteiger partial charge >= 0.3 is 0 Å². The van der Waals surface area contributed by atoms with E-state index in [2.05, 4.69) is 18.3 Å². The normalized spacial score (nSPS) is 21.3. The average molecular weight is 281 g/mol. The third-order valence-electron chi connectivity index (χ3n) is 3.71. The maximum atomic E-state index is 6.20. The van der Waals surface area contributed by atoms with Gasteiger partial charge in [-0.15, -0.1) is 0 Å². The quantitative estimate of drug-likeness (QED) is 0.820. The Hall–Kier alpha value is -0.670. The van der Waals surface area contributed by atoms with Gasteiger partial charge in [0.05, 0.1) is 16.2 Å². The summed E-state index contributed by atoms with van der Waals surface area (Å²) in [5.41, 5.74) is 2.41. The molecule has 1 aromatic rings. The molecule has 3 rings (SSSR count). The predicted octanol–water partition coefficient (Wildman–Crippen LogP) is 4.48. The largest absolute Gasteiger partial charge is 0.334 e. The maximum Gasteiger partial charge on any atom is 0.161 e. The van der Waals surface area contributed by atoms with Crippen LogP contribution in [0.25, 0.3) is 0 Å². The van der Waals surface area contributed by atoms with Gasteiger partial charge in [0.2, 0.25) is 0 Å². The van der Waals surface area contributed by atoms with Crippen LogP contribution >= 0.6 is 23.4 Å². The Balaban J connectivity index is 1.79. The predicted molar refractivity (Wildman–Crippen MR) is 80.9 cm³/mol. The lowest BCUT2D eigenvalue weighted by molar-refractivity contribution is 0.508. The molecule has 1 N–H and O–H groups in total. The molecule has 4 heteroatoms. The SMILES string of the molecule is Cc1ccc(Cl)c(NC2=NC3(CCCC3)CS2)c1. The van der Waals surface area contributed by atoms with Gasteiger partial charge in [0.1, 0.15) is 0 Å². The molecule has 0 radical (unpaired) electrons. The fraction of sp³-hybridized carbons (Fsp3) is 0.500. The second-order valence-electron chi connectivity index (χ2n) is 5.25. The highest BCUT2D eigenvalue weighted by molar-refractivity contribution is 8.14. The molecule has 0 amide bonds. The van der Waals surface area contributed by atoms with E-state index in [-0.39, 0.29) is 5.54 Å². The van der Waals surface area contributed by atoms with Gasteiger partial charge in [0, 0.05) is 5.75 Å². The van der Waals surface area contributed by atoms with Crippen molar-refractivity contribution in [2.24, 2.45) is 4.99 Å². The number of nitrogens with zero attached hydrogens (tertiary/aromatic N) is 1. The van der Waals surface area contributed by atoms with Gasteiger partial charge in [-0.2, -0.15) is 0 Å². The molecule has 0 bridgehead atoms. The first-order chi connectivity index (χ1) is 8.67. The highest BCUT2D eigenvalue weighted by atomic mass is 35.5. The zero-order valence-corrected chi connectivity index (χ0v) is 12.1. The van der Waals surface area contributed by atoms with Crippen molar-refractivity contribution in [1.29, 1.82) is 0 Å². The molecule has 18 heavy (non-hydrogen) atoms. The van der Waals surface area contributed by atoms with Crippen molar-refractivity contribution in [1.82, 2.24) is 0 Å². The molecule has 0 atom stereocenters. The van der Waals surface area contributed by atoms with Gasteiger partial charge in [0.15, 0.2) is 5.17 Å². The van der Waals surface area contributed by atoms with Crippen LogP contribution in [0.2, 0.25) is 5.02 Å². The number of halogens is 1.